The zero-order chi connectivity index (χ0) is 16.8. The monoisotopic (exact) mass is 406 g/mol. The van der Waals surface area contributed by atoms with Crippen LogP contribution in [0.3, 0.4) is 0 Å². The number of ether oxygens (including phenoxy) is 1. The fourth-order valence-electron chi connectivity index (χ4n) is 1.97. The summed E-state index contributed by atoms with van der Waals surface area (Å²) < 4.78 is 18.8. The SMILES string of the molecule is CCC(COc1cccc(F)c1)Nc1nc(C)nc([C-](C)C)n1.[Y]. The minimum absolute atomic E-state index is 0. The van der Waals surface area contributed by atoms with Crippen molar-refractivity contribution in [3.63, 3.8) is 0 Å². The van der Waals surface area contributed by atoms with Crippen LogP contribution >= 0.6 is 0 Å². The van der Waals surface area contributed by atoms with E-state index < -0.39 is 0 Å². The van der Waals surface area contributed by atoms with E-state index >= 15 is 0 Å². The molecule has 0 aliphatic carbocycles. The Labute approximate surface area is 167 Å². The Kier molecular flexibility index (Phi) is 8.56. The number of anilines is 1. The average molecular weight is 406 g/mol. The van der Waals surface area contributed by atoms with Gasteiger partial charge in [-0.05, 0) is 25.5 Å². The fourth-order valence-corrected chi connectivity index (χ4v) is 1.97. The number of rotatable bonds is 7. The molecule has 1 atom stereocenters. The van der Waals surface area contributed by atoms with E-state index in [9.17, 15) is 4.39 Å². The van der Waals surface area contributed by atoms with Crippen LogP contribution in [-0.2, 0) is 32.7 Å². The van der Waals surface area contributed by atoms with Gasteiger partial charge in [0.1, 0.15) is 24.0 Å². The van der Waals surface area contributed by atoms with Crippen LogP contribution in [0.2, 0.25) is 0 Å². The minimum Gasteiger partial charge on any atom is -0.491 e. The molecule has 1 aromatic carbocycles. The summed E-state index contributed by atoms with van der Waals surface area (Å²) in [6.07, 6.45) is 0.824. The number of hydrogen-bond acceptors (Lipinski definition) is 5. The van der Waals surface area contributed by atoms with E-state index in [1.54, 1.807) is 12.1 Å². The standard InChI is InChI=1S/C17H22FN4O.Y/c1-5-14(10-23-15-8-6-7-13(18)9-15)21-17-20-12(4)19-16(22-17)11(2)3;/h6-9,14H,5,10H2,1-4H3,(H,19,20,21,22);/q-1;. The predicted molar refractivity (Wildman–Crippen MR) is 87.9 cm³/mol. The summed E-state index contributed by atoms with van der Waals surface area (Å²) in [6, 6.07) is 6.13. The van der Waals surface area contributed by atoms with Crippen molar-refractivity contribution in [3.8, 4) is 5.75 Å². The molecule has 0 aliphatic heterocycles. The maximum absolute atomic E-state index is 13.2. The first-order valence-electron chi connectivity index (χ1n) is 7.66. The third-order valence-corrected chi connectivity index (χ3v) is 3.27. The van der Waals surface area contributed by atoms with Gasteiger partial charge in [0.05, 0.1) is 6.04 Å². The molecule has 0 spiro atoms. The first-order chi connectivity index (χ1) is 11.0. The average Bonchev–Trinajstić information content (AvgIpc) is 2.51. The van der Waals surface area contributed by atoms with Gasteiger partial charge < -0.3 is 16.0 Å². The van der Waals surface area contributed by atoms with Gasteiger partial charge in [0, 0.05) is 44.6 Å². The summed E-state index contributed by atoms with van der Waals surface area (Å²) in [5, 5.41) is 3.26. The molecule has 1 aromatic heterocycles. The molecule has 1 N–H and O–H groups in total. The number of nitrogens with one attached hydrogen (secondary N) is 1. The fraction of sp³-hybridized carbons (Fsp3) is 0.412. The van der Waals surface area contributed by atoms with Crippen molar-refractivity contribution in [2.24, 2.45) is 0 Å². The van der Waals surface area contributed by atoms with Crippen molar-refractivity contribution in [2.45, 2.75) is 40.2 Å². The molecule has 0 amide bonds. The van der Waals surface area contributed by atoms with E-state index in [0.717, 1.165) is 12.3 Å². The van der Waals surface area contributed by atoms with Gasteiger partial charge in [-0.1, -0.05) is 13.0 Å². The second-order valence-electron chi connectivity index (χ2n) is 5.55. The van der Waals surface area contributed by atoms with Gasteiger partial charge in [-0.25, -0.2) is 9.37 Å². The molecule has 5 nitrogen and oxygen atoms in total. The zero-order valence-corrected chi connectivity index (χ0v) is 17.3. The van der Waals surface area contributed by atoms with Gasteiger partial charge in [0.25, 0.3) is 0 Å². The Balaban J connectivity index is 0.00000288. The van der Waals surface area contributed by atoms with E-state index in [2.05, 4.69) is 20.3 Å². The number of aromatic nitrogens is 3. The quantitative estimate of drug-likeness (QED) is 0.713. The van der Waals surface area contributed by atoms with Crippen LogP contribution in [0.25, 0.3) is 0 Å². The summed E-state index contributed by atoms with van der Waals surface area (Å²) in [4.78, 5) is 13.0. The first-order valence-corrected chi connectivity index (χ1v) is 7.66. The minimum atomic E-state index is -0.310. The van der Waals surface area contributed by atoms with Crippen LogP contribution < -0.4 is 10.1 Å². The van der Waals surface area contributed by atoms with Crippen LogP contribution in [0.5, 0.6) is 5.75 Å². The van der Waals surface area contributed by atoms with E-state index in [1.165, 1.54) is 12.1 Å². The van der Waals surface area contributed by atoms with Gasteiger partial charge in [0.15, 0.2) is 0 Å². The van der Waals surface area contributed by atoms with Crippen molar-refractivity contribution in [1.29, 1.82) is 0 Å². The second-order valence-corrected chi connectivity index (χ2v) is 5.55. The van der Waals surface area contributed by atoms with Gasteiger partial charge >= 0.3 is 0 Å². The van der Waals surface area contributed by atoms with Crippen molar-refractivity contribution in [2.75, 3.05) is 11.9 Å². The van der Waals surface area contributed by atoms with Gasteiger partial charge in [-0.3, -0.25) is 4.98 Å². The zero-order valence-electron chi connectivity index (χ0n) is 14.5. The molecule has 7 heteroatoms. The maximum atomic E-state index is 13.2. The summed E-state index contributed by atoms with van der Waals surface area (Å²) in [7, 11) is 0. The summed E-state index contributed by atoms with van der Waals surface area (Å²) in [5.74, 6) is 3.11. The molecule has 2 aromatic rings. The molecular weight excluding hydrogens is 384 g/mol. The third kappa shape index (κ3) is 6.32. The molecule has 1 heterocycles. The Bertz CT molecular complexity index is 654. The molecule has 127 valence electrons. The number of halogens is 1. The molecule has 1 radical (unpaired) electrons. The smallest absolute Gasteiger partial charge is 0.223 e. The van der Waals surface area contributed by atoms with Crippen molar-refractivity contribution in [3.05, 3.63) is 47.6 Å². The summed E-state index contributed by atoms with van der Waals surface area (Å²) in [5.41, 5.74) is 0. The van der Waals surface area contributed by atoms with Crippen LogP contribution in [0, 0.1) is 18.7 Å². The Morgan fingerprint density at radius 2 is 2.00 bits per heavy atom. The molecule has 0 saturated carbocycles. The van der Waals surface area contributed by atoms with Crippen molar-refractivity contribution in [1.82, 2.24) is 15.0 Å². The molecule has 0 fully saturated rings. The summed E-state index contributed by atoms with van der Waals surface area (Å²) >= 11 is 0. The van der Waals surface area contributed by atoms with Crippen molar-refractivity contribution >= 4 is 5.95 Å². The number of hydrogen-bond donors (Lipinski definition) is 1. The number of aryl methyl sites for hydroxylation is 1. The van der Waals surface area contributed by atoms with E-state index in [4.69, 9.17) is 4.74 Å². The largest absolute Gasteiger partial charge is 0.491 e. The Morgan fingerprint density at radius 1 is 1.25 bits per heavy atom. The second kappa shape index (κ2) is 9.89. The predicted octanol–water partition coefficient (Wildman–Crippen LogP) is 3.55. The topological polar surface area (TPSA) is 59.9 Å². The van der Waals surface area contributed by atoms with Crippen LogP contribution in [-0.4, -0.2) is 27.6 Å². The number of benzene rings is 1. The molecular formula is C17H22FN4OY-. The summed E-state index contributed by atoms with van der Waals surface area (Å²) in [6.45, 7) is 8.20. The van der Waals surface area contributed by atoms with Crippen molar-refractivity contribution < 1.29 is 41.8 Å². The van der Waals surface area contributed by atoms with Crippen LogP contribution in [0.4, 0.5) is 10.3 Å². The van der Waals surface area contributed by atoms with Gasteiger partial charge in [-0.15, -0.1) is 0 Å². The van der Waals surface area contributed by atoms with E-state index in [1.807, 2.05) is 27.7 Å². The molecule has 2 rings (SSSR count). The van der Waals surface area contributed by atoms with Gasteiger partial charge in [-0.2, -0.15) is 18.8 Å². The Hall–Kier alpha value is -1.27. The molecule has 0 saturated heterocycles. The Morgan fingerprint density at radius 3 is 2.62 bits per heavy atom. The molecule has 0 aliphatic rings. The molecule has 24 heavy (non-hydrogen) atoms. The van der Waals surface area contributed by atoms with Crippen LogP contribution in [0.15, 0.2) is 24.3 Å². The van der Waals surface area contributed by atoms with Crippen LogP contribution in [0.1, 0.15) is 38.8 Å². The van der Waals surface area contributed by atoms with Gasteiger partial charge in [0.2, 0.25) is 5.95 Å². The van der Waals surface area contributed by atoms with E-state index in [0.29, 0.717) is 30.0 Å². The molecule has 1 unspecified atom stereocenters. The third-order valence-electron chi connectivity index (χ3n) is 3.27. The number of nitrogens with zero attached hydrogens (tertiary/aromatic N) is 3. The molecule has 0 bridgehead atoms. The normalized spacial score (nSPS) is 11.4. The first kappa shape index (κ1) is 20.8. The van der Waals surface area contributed by atoms with E-state index in [-0.39, 0.29) is 44.6 Å². The maximum Gasteiger partial charge on any atom is 0.223 e.